The van der Waals surface area contributed by atoms with E-state index in [9.17, 15) is 4.79 Å². The number of hydrogen-bond donors (Lipinski definition) is 1. The van der Waals surface area contributed by atoms with E-state index in [4.69, 9.17) is 9.47 Å². The molecule has 0 aliphatic heterocycles. The van der Waals surface area contributed by atoms with Gasteiger partial charge in [0.1, 0.15) is 6.73 Å². The molecular formula is C15H20N4O3S. The first-order chi connectivity index (χ1) is 11.2. The lowest BCUT2D eigenvalue weighted by Crippen LogP contribution is -2.15. The number of aryl methyl sites for hydroxylation is 1. The molecule has 0 radical (unpaired) electrons. The van der Waals surface area contributed by atoms with Gasteiger partial charge in [0.05, 0.1) is 30.0 Å². The van der Waals surface area contributed by atoms with E-state index in [-0.39, 0.29) is 5.56 Å². The largest absolute Gasteiger partial charge is 0.378 e. The highest BCUT2D eigenvalue weighted by atomic mass is 32.2. The van der Waals surface area contributed by atoms with Crippen molar-refractivity contribution in [1.29, 1.82) is 0 Å². The van der Waals surface area contributed by atoms with Crippen molar-refractivity contribution in [2.75, 3.05) is 14.2 Å². The molecule has 124 valence electrons. The first-order valence-electron chi connectivity index (χ1n) is 7.48. The molecule has 0 fully saturated rings. The van der Waals surface area contributed by atoms with Crippen molar-refractivity contribution in [3.05, 3.63) is 39.3 Å². The van der Waals surface area contributed by atoms with Crippen molar-refractivity contribution in [2.45, 2.75) is 43.5 Å². The summed E-state index contributed by atoms with van der Waals surface area (Å²) in [6.07, 6.45) is 4.48. The van der Waals surface area contributed by atoms with Gasteiger partial charge in [0, 0.05) is 25.5 Å². The molecular weight excluding hydrogens is 316 g/mol. The van der Waals surface area contributed by atoms with Gasteiger partial charge in [-0.1, -0.05) is 11.8 Å². The highest BCUT2D eigenvalue weighted by molar-refractivity contribution is 7.98. The van der Waals surface area contributed by atoms with Crippen LogP contribution in [0.4, 0.5) is 0 Å². The third-order valence-electron chi connectivity index (χ3n) is 3.85. The summed E-state index contributed by atoms with van der Waals surface area (Å²) in [4.78, 5) is 23.9. The summed E-state index contributed by atoms with van der Waals surface area (Å²) in [5, 5.41) is 0.657. The van der Waals surface area contributed by atoms with Gasteiger partial charge >= 0.3 is 0 Å². The van der Waals surface area contributed by atoms with Crippen molar-refractivity contribution in [2.24, 2.45) is 0 Å². The maximum absolute atomic E-state index is 12.1. The van der Waals surface area contributed by atoms with Gasteiger partial charge in [0.15, 0.2) is 5.16 Å². The molecule has 0 amide bonds. The molecule has 2 aromatic rings. The molecule has 0 spiro atoms. The highest BCUT2D eigenvalue weighted by Crippen LogP contribution is 2.24. The van der Waals surface area contributed by atoms with Gasteiger partial charge in [-0.05, 0) is 19.3 Å². The highest BCUT2D eigenvalue weighted by Gasteiger charge is 2.18. The van der Waals surface area contributed by atoms with Crippen molar-refractivity contribution in [3.8, 4) is 0 Å². The fourth-order valence-corrected chi connectivity index (χ4v) is 3.69. The molecule has 0 bridgehead atoms. The lowest BCUT2D eigenvalue weighted by atomic mass is 10.3. The van der Waals surface area contributed by atoms with Crippen LogP contribution < -0.4 is 5.56 Å². The Hall–Kier alpha value is -1.64. The number of imidazole rings is 1. The molecule has 3 rings (SSSR count). The minimum Gasteiger partial charge on any atom is -0.378 e. The standard InChI is InChI=1S/C15H20N4O3S/c1-21-6-12-13(19(8-16-12)9-22-2)7-23-15-17-11-5-3-4-10(11)14(20)18-15/h8H,3-7,9H2,1-2H3,(H,17,18,20). The molecule has 2 aromatic heterocycles. The smallest absolute Gasteiger partial charge is 0.254 e. The average molecular weight is 336 g/mol. The Morgan fingerprint density at radius 1 is 1.35 bits per heavy atom. The van der Waals surface area contributed by atoms with E-state index in [0.29, 0.717) is 24.2 Å². The van der Waals surface area contributed by atoms with E-state index < -0.39 is 0 Å². The van der Waals surface area contributed by atoms with Crippen molar-refractivity contribution < 1.29 is 9.47 Å². The number of aromatic nitrogens is 4. The van der Waals surface area contributed by atoms with E-state index in [0.717, 1.165) is 41.9 Å². The Morgan fingerprint density at radius 3 is 3.00 bits per heavy atom. The second-order valence-electron chi connectivity index (χ2n) is 5.40. The van der Waals surface area contributed by atoms with Crippen LogP contribution in [0.5, 0.6) is 0 Å². The minimum atomic E-state index is -0.00230. The maximum Gasteiger partial charge on any atom is 0.254 e. The van der Waals surface area contributed by atoms with Crippen LogP contribution in [0.25, 0.3) is 0 Å². The number of rotatable bonds is 7. The minimum absolute atomic E-state index is 0.00230. The van der Waals surface area contributed by atoms with Gasteiger partial charge in [0.2, 0.25) is 0 Å². The maximum atomic E-state index is 12.1. The van der Waals surface area contributed by atoms with Crippen LogP contribution in [0.2, 0.25) is 0 Å². The molecule has 8 heteroatoms. The Kier molecular flexibility index (Phi) is 5.14. The van der Waals surface area contributed by atoms with Gasteiger partial charge < -0.3 is 19.0 Å². The molecule has 0 atom stereocenters. The first-order valence-corrected chi connectivity index (χ1v) is 8.47. The van der Waals surface area contributed by atoms with Crippen LogP contribution in [0.1, 0.15) is 29.1 Å². The predicted octanol–water partition coefficient (Wildman–Crippen LogP) is 1.50. The summed E-state index contributed by atoms with van der Waals surface area (Å²) in [5.74, 6) is 0.643. The SMILES string of the molecule is COCc1ncn(COC)c1CSc1nc2c(c(=O)[nH]1)CCC2. The zero-order valence-electron chi connectivity index (χ0n) is 13.3. The quantitative estimate of drug-likeness (QED) is 0.609. The Bertz CT molecular complexity index is 717. The van der Waals surface area contributed by atoms with Crippen LogP contribution in [-0.2, 0) is 41.4 Å². The normalized spacial score (nSPS) is 13.5. The molecule has 0 saturated carbocycles. The van der Waals surface area contributed by atoms with Crippen LogP contribution >= 0.6 is 11.8 Å². The van der Waals surface area contributed by atoms with Crippen LogP contribution in [-0.4, -0.2) is 33.7 Å². The third kappa shape index (κ3) is 3.49. The molecule has 7 nitrogen and oxygen atoms in total. The third-order valence-corrected chi connectivity index (χ3v) is 4.73. The Balaban J connectivity index is 1.79. The fraction of sp³-hybridized carbons (Fsp3) is 0.533. The van der Waals surface area contributed by atoms with Crippen molar-refractivity contribution >= 4 is 11.8 Å². The van der Waals surface area contributed by atoms with Crippen LogP contribution in [0, 0.1) is 0 Å². The number of nitrogens with zero attached hydrogens (tertiary/aromatic N) is 3. The number of methoxy groups -OCH3 is 2. The number of hydrogen-bond acceptors (Lipinski definition) is 6. The summed E-state index contributed by atoms with van der Waals surface area (Å²) in [5.41, 5.74) is 3.68. The topological polar surface area (TPSA) is 82.0 Å². The molecule has 0 unspecified atom stereocenters. The summed E-state index contributed by atoms with van der Waals surface area (Å²) in [6, 6.07) is 0. The van der Waals surface area contributed by atoms with Gasteiger partial charge in [-0.3, -0.25) is 4.79 Å². The zero-order chi connectivity index (χ0) is 16.2. The fourth-order valence-electron chi connectivity index (χ4n) is 2.75. The monoisotopic (exact) mass is 336 g/mol. The number of ether oxygens (including phenoxy) is 2. The summed E-state index contributed by atoms with van der Waals surface area (Å²) < 4.78 is 12.3. The lowest BCUT2D eigenvalue weighted by Gasteiger charge is -2.09. The number of fused-ring (bicyclic) bond motifs is 1. The molecule has 23 heavy (non-hydrogen) atoms. The number of aromatic amines is 1. The van der Waals surface area contributed by atoms with Gasteiger partial charge in [-0.15, -0.1) is 0 Å². The molecule has 0 saturated heterocycles. The number of thioether (sulfide) groups is 1. The van der Waals surface area contributed by atoms with Crippen LogP contribution in [0.3, 0.4) is 0 Å². The Morgan fingerprint density at radius 2 is 2.22 bits per heavy atom. The molecule has 1 aliphatic carbocycles. The van der Waals surface area contributed by atoms with Gasteiger partial charge in [0.25, 0.3) is 5.56 Å². The van der Waals surface area contributed by atoms with E-state index in [1.54, 1.807) is 20.5 Å². The molecule has 0 aromatic carbocycles. The molecule has 1 aliphatic rings. The second kappa shape index (κ2) is 7.29. The summed E-state index contributed by atoms with van der Waals surface area (Å²) >= 11 is 1.50. The first kappa shape index (κ1) is 16.2. The van der Waals surface area contributed by atoms with E-state index in [1.807, 2.05) is 4.57 Å². The summed E-state index contributed by atoms with van der Waals surface area (Å²) in [7, 11) is 3.29. The average Bonchev–Trinajstić information content (AvgIpc) is 3.14. The van der Waals surface area contributed by atoms with Gasteiger partial charge in [-0.2, -0.15) is 0 Å². The zero-order valence-corrected chi connectivity index (χ0v) is 14.1. The van der Waals surface area contributed by atoms with Crippen molar-refractivity contribution in [3.63, 3.8) is 0 Å². The molecule has 1 N–H and O–H groups in total. The number of H-pyrrole nitrogens is 1. The predicted molar refractivity (Wildman–Crippen MR) is 86.4 cm³/mol. The number of nitrogens with one attached hydrogen (secondary N) is 1. The molecule has 2 heterocycles. The second-order valence-corrected chi connectivity index (χ2v) is 6.36. The van der Waals surface area contributed by atoms with E-state index >= 15 is 0 Å². The van der Waals surface area contributed by atoms with E-state index in [1.165, 1.54) is 11.8 Å². The Labute approximate surface area is 138 Å². The van der Waals surface area contributed by atoms with E-state index in [2.05, 4.69) is 15.0 Å². The van der Waals surface area contributed by atoms with Crippen molar-refractivity contribution in [1.82, 2.24) is 19.5 Å². The van der Waals surface area contributed by atoms with Gasteiger partial charge in [-0.25, -0.2) is 9.97 Å². The van der Waals surface area contributed by atoms with Crippen LogP contribution in [0.15, 0.2) is 16.3 Å². The summed E-state index contributed by atoms with van der Waals surface area (Å²) in [6.45, 7) is 0.876. The lowest BCUT2D eigenvalue weighted by molar-refractivity contribution is 0.128.